The van der Waals surface area contributed by atoms with E-state index >= 15 is 0 Å². The number of carbonyl (C=O) groups is 1. The van der Waals surface area contributed by atoms with Crippen LogP contribution in [0.4, 0.5) is 0 Å². The van der Waals surface area contributed by atoms with Crippen LogP contribution in [0.1, 0.15) is 30.9 Å². The molecule has 0 heterocycles. The summed E-state index contributed by atoms with van der Waals surface area (Å²) in [4.78, 5) is 11.0. The molecule has 0 radical (unpaired) electrons. The van der Waals surface area contributed by atoms with Gasteiger partial charge in [-0.3, -0.25) is 4.79 Å². The fraction of sp³-hybridized carbons (Fsp3) is 0.462. The van der Waals surface area contributed by atoms with Crippen molar-refractivity contribution in [2.75, 3.05) is 6.26 Å². The van der Waals surface area contributed by atoms with Crippen LogP contribution in [-0.2, 0) is 25.8 Å². The van der Waals surface area contributed by atoms with Gasteiger partial charge in [-0.2, -0.15) is 0 Å². The summed E-state index contributed by atoms with van der Waals surface area (Å²) in [6.45, 7) is 1.55. The minimum absolute atomic E-state index is 0.113. The zero-order chi connectivity index (χ0) is 12.7. The Morgan fingerprint density at radius 2 is 1.76 bits per heavy atom. The van der Waals surface area contributed by atoms with Crippen molar-refractivity contribution >= 4 is 15.6 Å². The molecule has 0 bridgehead atoms. The Hall–Kier alpha value is -1.16. The lowest BCUT2D eigenvalue weighted by molar-refractivity contribution is -0.116. The predicted octanol–water partition coefficient (Wildman–Crippen LogP) is 1.85. The van der Waals surface area contributed by atoms with Crippen LogP contribution in [0, 0.1) is 0 Å². The van der Waals surface area contributed by atoms with E-state index in [0.29, 0.717) is 19.3 Å². The zero-order valence-corrected chi connectivity index (χ0v) is 10.9. The van der Waals surface area contributed by atoms with Gasteiger partial charge in [-0.1, -0.05) is 24.3 Å². The number of carbonyl (C=O) groups excluding carboxylic acids is 1. The van der Waals surface area contributed by atoms with Crippen LogP contribution in [0.2, 0.25) is 0 Å². The van der Waals surface area contributed by atoms with Crippen molar-refractivity contribution in [3.63, 3.8) is 0 Å². The maximum Gasteiger partial charge on any atom is 0.157 e. The highest BCUT2D eigenvalue weighted by atomic mass is 32.2. The molecule has 0 atom stereocenters. The molecule has 1 aliphatic carbocycles. The summed E-state index contributed by atoms with van der Waals surface area (Å²) in [5, 5.41) is 0. The molecule has 1 fully saturated rings. The Bertz CT molecular complexity index is 537. The van der Waals surface area contributed by atoms with Crippen LogP contribution in [0.25, 0.3) is 0 Å². The van der Waals surface area contributed by atoms with Crippen molar-refractivity contribution in [2.24, 2.45) is 0 Å². The second kappa shape index (κ2) is 3.95. The van der Waals surface area contributed by atoms with Gasteiger partial charge in [0, 0.05) is 12.7 Å². The molecule has 1 aliphatic rings. The summed E-state index contributed by atoms with van der Waals surface area (Å²) < 4.78 is 22.8. The van der Waals surface area contributed by atoms with Gasteiger partial charge < -0.3 is 0 Å². The van der Waals surface area contributed by atoms with Gasteiger partial charge in [0.25, 0.3) is 0 Å². The normalized spacial score (nSPS) is 17.8. The van der Waals surface area contributed by atoms with Gasteiger partial charge in [0.2, 0.25) is 0 Å². The number of rotatable bonds is 4. The largest absolute Gasteiger partial charge is 0.300 e. The van der Waals surface area contributed by atoms with E-state index in [1.54, 1.807) is 6.92 Å². The number of Topliss-reactive ketones (excluding diaryl/α,β-unsaturated/α-hetero) is 1. The van der Waals surface area contributed by atoms with Crippen molar-refractivity contribution < 1.29 is 13.2 Å². The topological polar surface area (TPSA) is 51.2 Å². The minimum atomic E-state index is -3.05. The van der Waals surface area contributed by atoms with Crippen LogP contribution in [0.3, 0.4) is 0 Å². The van der Waals surface area contributed by atoms with E-state index in [9.17, 15) is 13.2 Å². The van der Waals surface area contributed by atoms with Gasteiger partial charge in [0.15, 0.2) is 9.84 Å². The first-order valence-corrected chi connectivity index (χ1v) is 7.53. The quantitative estimate of drug-likeness (QED) is 0.821. The molecular weight excluding hydrogens is 236 g/mol. The van der Waals surface area contributed by atoms with E-state index in [1.165, 1.54) is 6.26 Å². The standard InChI is InChI=1S/C13H16O3S/c1-10(14)9-11-3-5-12(6-4-11)13(7-8-13)17(2,15)16/h3-6H,7-9H2,1-2H3. The van der Waals surface area contributed by atoms with E-state index in [4.69, 9.17) is 0 Å². The maximum absolute atomic E-state index is 11.7. The van der Waals surface area contributed by atoms with Crippen LogP contribution in [0.5, 0.6) is 0 Å². The second-order valence-corrected chi connectivity index (χ2v) is 7.17. The summed E-state index contributed by atoms with van der Waals surface area (Å²) >= 11 is 0. The molecule has 1 saturated carbocycles. The highest BCUT2D eigenvalue weighted by molar-refractivity contribution is 7.92. The van der Waals surface area contributed by atoms with Crippen LogP contribution in [-0.4, -0.2) is 20.5 Å². The monoisotopic (exact) mass is 252 g/mol. The third kappa shape index (κ3) is 2.27. The fourth-order valence-corrected chi connectivity index (χ4v) is 3.61. The molecule has 0 aliphatic heterocycles. The third-order valence-corrected chi connectivity index (χ3v) is 5.41. The molecule has 92 valence electrons. The van der Waals surface area contributed by atoms with E-state index in [1.807, 2.05) is 24.3 Å². The molecule has 3 nitrogen and oxygen atoms in total. The van der Waals surface area contributed by atoms with Crippen molar-refractivity contribution in [3.8, 4) is 0 Å². The first-order chi connectivity index (χ1) is 7.85. The predicted molar refractivity (Wildman–Crippen MR) is 66.6 cm³/mol. The molecule has 0 unspecified atom stereocenters. The van der Waals surface area contributed by atoms with Crippen molar-refractivity contribution in [2.45, 2.75) is 30.9 Å². The summed E-state index contributed by atoms with van der Waals surface area (Å²) in [6, 6.07) is 7.38. The first-order valence-electron chi connectivity index (χ1n) is 5.64. The highest BCUT2D eigenvalue weighted by Crippen LogP contribution is 2.52. The number of hydrogen-bond donors (Lipinski definition) is 0. The molecule has 1 aromatic rings. The lowest BCUT2D eigenvalue weighted by Gasteiger charge is -2.13. The van der Waals surface area contributed by atoms with Gasteiger partial charge in [0.05, 0.1) is 4.75 Å². The molecule has 4 heteroatoms. The number of benzene rings is 1. The van der Waals surface area contributed by atoms with E-state index < -0.39 is 14.6 Å². The molecular formula is C13H16O3S. The molecule has 17 heavy (non-hydrogen) atoms. The lowest BCUT2D eigenvalue weighted by atomic mass is 10.0. The smallest absolute Gasteiger partial charge is 0.157 e. The van der Waals surface area contributed by atoms with Crippen LogP contribution >= 0.6 is 0 Å². The molecule has 0 saturated heterocycles. The number of ketones is 1. The van der Waals surface area contributed by atoms with E-state index in [-0.39, 0.29) is 5.78 Å². The fourth-order valence-electron chi connectivity index (χ4n) is 2.20. The highest BCUT2D eigenvalue weighted by Gasteiger charge is 2.53. The number of sulfone groups is 1. The Morgan fingerprint density at radius 1 is 1.24 bits per heavy atom. The van der Waals surface area contributed by atoms with Gasteiger partial charge in [-0.05, 0) is 30.9 Å². The van der Waals surface area contributed by atoms with Gasteiger partial charge in [-0.25, -0.2) is 8.42 Å². The third-order valence-electron chi connectivity index (χ3n) is 3.35. The first kappa shape index (κ1) is 12.3. The Labute approximate surface area is 102 Å². The molecule has 0 N–H and O–H groups in total. The average molecular weight is 252 g/mol. The van der Waals surface area contributed by atoms with E-state index in [2.05, 4.69) is 0 Å². The van der Waals surface area contributed by atoms with Crippen molar-refractivity contribution in [1.82, 2.24) is 0 Å². The lowest BCUT2D eigenvalue weighted by Crippen LogP contribution is -2.19. The summed E-state index contributed by atoms with van der Waals surface area (Å²) in [5.74, 6) is 0.113. The molecule has 0 amide bonds. The second-order valence-electron chi connectivity index (χ2n) is 4.84. The summed E-state index contributed by atoms with van der Waals surface area (Å²) in [7, 11) is -3.05. The average Bonchev–Trinajstić information content (AvgIpc) is 2.97. The Kier molecular flexibility index (Phi) is 2.86. The minimum Gasteiger partial charge on any atom is -0.300 e. The number of hydrogen-bond acceptors (Lipinski definition) is 3. The van der Waals surface area contributed by atoms with Gasteiger partial charge in [-0.15, -0.1) is 0 Å². The molecule has 0 aromatic heterocycles. The zero-order valence-electron chi connectivity index (χ0n) is 10.1. The van der Waals surface area contributed by atoms with Gasteiger partial charge >= 0.3 is 0 Å². The van der Waals surface area contributed by atoms with E-state index in [0.717, 1.165) is 11.1 Å². The Morgan fingerprint density at radius 3 is 2.12 bits per heavy atom. The van der Waals surface area contributed by atoms with Crippen LogP contribution in [0.15, 0.2) is 24.3 Å². The molecule has 1 aromatic carbocycles. The summed E-state index contributed by atoms with van der Waals surface area (Å²) in [6.07, 6.45) is 3.12. The SMILES string of the molecule is CC(=O)Cc1ccc(C2(S(C)(=O)=O)CC2)cc1. The Balaban J connectivity index is 2.28. The van der Waals surface area contributed by atoms with Gasteiger partial charge in [0.1, 0.15) is 5.78 Å². The maximum atomic E-state index is 11.7. The van der Waals surface area contributed by atoms with Crippen molar-refractivity contribution in [3.05, 3.63) is 35.4 Å². The van der Waals surface area contributed by atoms with Crippen molar-refractivity contribution in [1.29, 1.82) is 0 Å². The molecule has 0 spiro atoms. The molecule has 2 rings (SSSR count). The summed E-state index contributed by atoms with van der Waals surface area (Å²) in [5.41, 5.74) is 1.79. The van der Waals surface area contributed by atoms with Crippen LogP contribution < -0.4 is 0 Å².